The van der Waals surface area contributed by atoms with Gasteiger partial charge in [0.25, 0.3) is 0 Å². The number of aromatic nitrogens is 2. The molecule has 2 N–H and O–H groups in total. The third-order valence-electron chi connectivity index (χ3n) is 3.09. The number of ether oxygens (including phenoxy) is 1. The Morgan fingerprint density at radius 3 is 2.95 bits per heavy atom. The number of aliphatic hydroxyl groups is 1. The number of nitrogens with one attached hydrogen (secondary N) is 1. The fourth-order valence-electron chi connectivity index (χ4n) is 2.20. The molecule has 0 radical (unpaired) electrons. The highest BCUT2D eigenvalue weighted by Gasteiger charge is 2.08. The number of rotatable bonds is 7. The van der Waals surface area contributed by atoms with Gasteiger partial charge in [0.05, 0.1) is 32.1 Å². The number of anilines is 1. The van der Waals surface area contributed by atoms with Crippen LogP contribution in [0.4, 0.5) is 5.69 Å². The van der Waals surface area contributed by atoms with Crippen LogP contribution in [-0.2, 0) is 13.0 Å². The van der Waals surface area contributed by atoms with Crippen LogP contribution in [0.2, 0.25) is 0 Å². The van der Waals surface area contributed by atoms with E-state index >= 15 is 0 Å². The lowest BCUT2D eigenvalue weighted by molar-refractivity contribution is 0.269. The first-order chi connectivity index (χ1) is 9.72. The van der Waals surface area contributed by atoms with E-state index in [0.29, 0.717) is 6.54 Å². The Hall–Kier alpha value is -2.01. The molecular weight excluding hydrogens is 254 g/mol. The van der Waals surface area contributed by atoms with Crippen molar-refractivity contribution in [3.8, 4) is 5.75 Å². The summed E-state index contributed by atoms with van der Waals surface area (Å²) in [7, 11) is 1.69. The van der Waals surface area contributed by atoms with Gasteiger partial charge in [0.1, 0.15) is 5.75 Å². The maximum Gasteiger partial charge on any atom is 0.122 e. The molecular formula is C15H21N3O2. The van der Waals surface area contributed by atoms with Gasteiger partial charge < -0.3 is 15.2 Å². The highest BCUT2D eigenvalue weighted by Crippen LogP contribution is 2.20. The smallest absolute Gasteiger partial charge is 0.122 e. The summed E-state index contributed by atoms with van der Waals surface area (Å²) in [6.07, 6.45) is 4.54. The van der Waals surface area contributed by atoms with Crippen LogP contribution in [-0.4, -0.2) is 34.6 Å². The van der Waals surface area contributed by atoms with Crippen molar-refractivity contribution in [2.24, 2.45) is 0 Å². The Bertz CT molecular complexity index is 539. The molecule has 5 nitrogen and oxygen atoms in total. The van der Waals surface area contributed by atoms with Gasteiger partial charge in [0, 0.05) is 12.2 Å². The van der Waals surface area contributed by atoms with E-state index in [1.807, 2.05) is 24.4 Å². The highest BCUT2D eigenvalue weighted by molar-refractivity contribution is 5.41. The molecule has 0 aliphatic rings. The first-order valence-corrected chi connectivity index (χ1v) is 6.74. The molecule has 0 fully saturated rings. The van der Waals surface area contributed by atoms with Crippen molar-refractivity contribution in [3.05, 3.63) is 42.2 Å². The van der Waals surface area contributed by atoms with Crippen molar-refractivity contribution < 1.29 is 9.84 Å². The number of hydrogen-bond donors (Lipinski definition) is 2. The van der Waals surface area contributed by atoms with E-state index in [0.717, 1.165) is 17.9 Å². The fraction of sp³-hybridized carbons (Fsp3) is 0.400. The number of para-hydroxylation sites is 1. The summed E-state index contributed by atoms with van der Waals surface area (Å²) in [5, 5.41) is 16.4. The van der Waals surface area contributed by atoms with Crippen LogP contribution in [0.25, 0.3) is 0 Å². The molecule has 1 atom stereocenters. The molecule has 1 aromatic carbocycles. The number of methoxy groups -OCH3 is 1. The molecule has 0 aliphatic carbocycles. The molecule has 2 aromatic rings. The van der Waals surface area contributed by atoms with E-state index in [4.69, 9.17) is 9.84 Å². The molecule has 0 spiro atoms. The molecule has 108 valence electrons. The largest absolute Gasteiger partial charge is 0.496 e. The van der Waals surface area contributed by atoms with Crippen LogP contribution in [0.15, 0.2) is 36.7 Å². The maximum absolute atomic E-state index is 8.87. The van der Waals surface area contributed by atoms with Gasteiger partial charge in [-0.25, -0.2) is 0 Å². The van der Waals surface area contributed by atoms with Crippen LogP contribution in [0, 0.1) is 0 Å². The molecule has 1 unspecified atom stereocenters. The number of nitrogens with zero attached hydrogens (tertiary/aromatic N) is 2. The number of aliphatic hydroxyl groups excluding tert-OH is 1. The summed E-state index contributed by atoms with van der Waals surface area (Å²) in [4.78, 5) is 0. The lowest BCUT2D eigenvalue weighted by Gasteiger charge is -2.15. The van der Waals surface area contributed by atoms with Gasteiger partial charge in [-0.1, -0.05) is 18.2 Å². The molecule has 2 rings (SSSR count). The van der Waals surface area contributed by atoms with Crippen LogP contribution in [0.1, 0.15) is 12.5 Å². The normalized spacial score (nSPS) is 12.2. The van der Waals surface area contributed by atoms with Gasteiger partial charge in [-0.05, 0) is 25.0 Å². The maximum atomic E-state index is 8.87. The van der Waals surface area contributed by atoms with Crippen LogP contribution >= 0.6 is 0 Å². The quantitative estimate of drug-likeness (QED) is 0.810. The second-order valence-corrected chi connectivity index (χ2v) is 4.78. The second-order valence-electron chi connectivity index (χ2n) is 4.78. The molecule has 0 bridgehead atoms. The minimum absolute atomic E-state index is 0.0951. The zero-order valence-corrected chi connectivity index (χ0v) is 11.9. The predicted molar refractivity (Wildman–Crippen MR) is 79.1 cm³/mol. The zero-order chi connectivity index (χ0) is 14.4. The van der Waals surface area contributed by atoms with Gasteiger partial charge in [-0.2, -0.15) is 5.10 Å². The Kier molecular flexibility index (Phi) is 5.01. The van der Waals surface area contributed by atoms with Crippen LogP contribution in [0.3, 0.4) is 0 Å². The van der Waals surface area contributed by atoms with E-state index in [2.05, 4.69) is 23.4 Å². The van der Waals surface area contributed by atoms with Crippen molar-refractivity contribution in [1.29, 1.82) is 0 Å². The number of benzene rings is 1. The lowest BCUT2D eigenvalue weighted by Crippen LogP contribution is -2.18. The van der Waals surface area contributed by atoms with Gasteiger partial charge in [0.2, 0.25) is 0 Å². The average Bonchev–Trinajstić information content (AvgIpc) is 2.87. The minimum atomic E-state index is 0.0951. The van der Waals surface area contributed by atoms with Crippen molar-refractivity contribution in [2.45, 2.75) is 25.9 Å². The summed E-state index contributed by atoms with van der Waals surface area (Å²) in [6.45, 7) is 2.73. The topological polar surface area (TPSA) is 59.3 Å². The Morgan fingerprint density at radius 2 is 2.20 bits per heavy atom. The monoisotopic (exact) mass is 275 g/mol. The molecule has 1 heterocycles. The lowest BCUT2D eigenvalue weighted by atomic mass is 10.1. The van der Waals surface area contributed by atoms with E-state index < -0.39 is 0 Å². The van der Waals surface area contributed by atoms with E-state index in [1.54, 1.807) is 18.0 Å². The summed E-state index contributed by atoms with van der Waals surface area (Å²) < 4.78 is 7.08. The minimum Gasteiger partial charge on any atom is -0.496 e. The van der Waals surface area contributed by atoms with Crippen molar-refractivity contribution in [1.82, 2.24) is 9.78 Å². The van der Waals surface area contributed by atoms with Gasteiger partial charge >= 0.3 is 0 Å². The average molecular weight is 275 g/mol. The predicted octanol–water partition coefficient (Wildman–Crippen LogP) is 1.93. The molecule has 0 amide bonds. The molecule has 0 saturated heterocycles. The molecule has 0 saturated carbocycles. The number of hydrogen-bond acceptors (Lipinski definition) is 4. The molecule has 5 heteroatoms. The first kappa shape index (κ1) is 14.4. The van der Waals surface area contributed by atoms with Gasteiger partial charge in [-0.15, -0.1) is 0 Å². The SMILES string of the molecule is COc1ccccc1CC(C)Nc1cnn(CCO)c1. The Morgan fingerprint density at radius 1 is 1.40 bits per heavy atom. The Labute approximate surface area is 119 Å². The van der Waals surface area contributed by atoms with Crippen LogP contribution in [0.5, 0.6) is 5.75 Å². The molecule has 20 heavy (non-hydrogen) atoms. The van der Waals surface area contributed by atoms with E-state index in [1.165, 1.54) is 5.56 Å². The second kappa shape index (κ2) is 6.96. The van der Waals surface area contributed by atoms with Crippen molar-refractivity contribution in [3.63, 3.8) is 0 Å². The van der Waals surface area contributed by atoms with Gasteiger partial charge in [0.15, 0.2) is 0 Å². The van der Waals surface area contributed by atoms with Gasteiger partial charge in [-0.3, -0.25) is 4.68 Å². The summed E-state index contributed by atoms with van der Waals surface area (Å²) in [5.74, 6) is 0.914. The molecule has 0 aliphatic heterocycles. The van der Waals surface area contributed by atoms with Crippen LogP contribution < -0.4 is 10.1 Å². The zero-order valence-electron chi connectivity index (χ0n) is 11.9. The van der Waals surface area contributed by atoms with E-state index in [9.17, 15) is 0 Å². The summed E-state index contributed by atoms with van der Waals surface area (Å²) in [6, 6.07) is 8.30. The molecule has 1 aromatic heterocycles. The van der Waals surface area contributed by atoms with Crippen molar-refractivity contribution >= 4 is 5.69 Å². The Balaban J connectivity index is 1.95. The standard InChI is InChI=1S/C15H21N3O2/c1-12(9-13-5-3-4-6-15(13)20-2)17-14-10-16-18(11-14)7-8-19/h3-6,10-12,17,19H,7-9H2,1-2H3. The van der Waals surface area contributed by atoms with Crippen molar-refractivity contribution in [2.75, 3.05) is 19.0 Å². The van der Waals surface area contributed by atoms with E-state index in [-0.39, 0.29) is 12.6 Å². The highest BCUT2D eigenvalue weighted by atomic mass is 16.5. The summed E-state index contributed by atoms with van der Waals surface area (Å²) in [5.41, 5.74) is 2.14. The fourth-order valence-corrected chi connectivity index (χ4v) is 2.20. The summed E-state index contributed by atoms with van der Waals surface area (Å²) >= 11 is 0. The third-order valence-corrected chi connectivity index (χ3v) is 3.09. The third kappa shape index (κ3) is 3.74. The first-order valence-electron chi connectivity index (χ1n) is 6.74.